The van der Waals surface area contributed by atoms with E-state index in [1.54, 1.807) is 18.2 Å². The number of amides is 1. The molecule has 0 radical (unpaired) electrons. The van der Waals surface area contributed by atoms with E-state index in [4.69, 9.17) is 10.5 Å². The van der Waals surface area contributed by atoms with Crippen molar-refractivity contribution in [2.45, 2.75) is 6.92 Å². The van der Waals surface area contributed by atoms with E-state index in [9.17, 15) is 9.59 Å². The fourth-order valence-electron chi connectivity index (χ4n) is 1.89. The molecule has 0 unspecified atom stereocenters. The Kier molecular flexibility index (Phi) is 3.10. The van der Waals surface area contributed by atoms with Crippen molar-refractivity contribution < 1.29 is 14.3 Å². The highest BCUT2D eigenvalue weighted by atomic mass is 16.5. The molecule has 1 heterocycles. The molecule has 1 aliphatic heterocycles. The molecule has 0 saturated heterocycles. The Bertz CT molecular complexity index is 471. The van der Waals surface area contributed by atoms with Crippen LogP contribution >= 0.6 is 0 Å². The summed E-state index contributed by atoms with van der Waals surface area (Å²) in [4.78, 5) is 24.9. The molecule has 5 nitrogen and oxygen atoms in total. The number of carbonyl (C=O) groups is 2. The zero-order valence-electron chi connectivity index (χ0n) is 9.60. The van der Waals surface area contributed by atoms with Crippen molar-refractivity contribution in [3.63, 3.8) is 0 Å². The summed E-state index contributed by atoms with van der Waals surface area (Å²) in [7, 11) is 0. The minimum absolute atomic E-state index is 0.325. The summed E-state index contributed by atoms with van der Waals surface area (Å²) in [6.45, 7) is 3.06. The number of anilines is 1. The third-order valence-electron chi connectivity index (χ3n) is 2.61. The summed E-state index contributed by atoms with van der Waals surface area (Å²) in [5.41, 5.74) is 6.44. The maximum atomic E-state index is 11.8. The molecule has 2 rings (SSSR count). The lowest BCUT2D eigenvalue weighted by Gasteiger charge is -2.15. The number of rotatable bonds is 4. The molecule has 0 aromatic heterocycles. The van der Waals surface area contributed by atoms with Gasteiger partial charge in [-0.05, 0) is 25.1 Å². The van der Waals surface area contributed by atoms with Crippen LogP contribution in [-0.4, -0.2) is 31.4 Å². The van der Waals surface area contributed by atoms with Crippen molar-refractivity contribution in [2.24, 2.45) is 5.73 Å². The summed E-state index contributed by atoms with van der Waals surface area (Å²) in [5, 5.41) is 0. The van der Waals surface area contributed by atoms with E-state index in [-0.39, 0.29) is 0 Å². The van der Waals surface area contributed by atoms with Gasteiger partial charge in [-0.25, -0.2) is 0 Å². The number of nitrogens with zero attached hydrogens (tertiary/aromatic N) is 1. The predicted molar refractivity (Wildman–Crippen MR) is 63.3 cm³/mol. The molecule has 0 bridgehead atoms. The molecule has 1 aromatic rings. The molecule has 1 aromatic carbocycles. The maximum Gasteiger partial charge on any atom is 0.299 e. The summed E-state index contributed by atoms with van der Waals surface area (Å²) in [6.07, 6.45) is 0. The number of fused-ring (bicyclic) bond motifs is 1. The lowest BCUT2D eigenvalue weighted by Crippen LogP contribution is -2.34. The highest BCUT2D eigenvalue weighted by molar-refractivity contribution is 6.52. The lowest BCUT2D eigenvalue weighted by atomic mass is 10.1. The summed E-state index contributed by atoms with van der Waals surface area (Å²) in [5.74, 6) is -0.406. The quantitative estimate of drug-likeness (QED) is 0.773. The van der Waals surface area contributed by atoms with Gasteiger partial charge in [-0.1, -0.05) is 0 Å². The average Bonchev–Trinajstić information content (AvgIpc) is 2.56. The Labute approximate surface area is 99.2 Å². The van der Waals surface area contributed by atoms with E-state index in [1.807, 2.05) is 6.92 Å². The second kappa shape index (κ2) is 4.55. The van der Waals surface area contributed by atoms with Crippen LogP contribution in [-0.2, 0) is 4.79 Å². The molecule has 0 atom stereocenters. The van der Waals surface area contributed by atoms with Crippen LogP contribution in [0.1, 0.15) is 17.3 Å². The molecular weight excluding hydrogens is 220 g/mol. The van der Waals surface area contributed by atoms with Crippen LogP contribution in [0.5, 0.6) is 5.75 Å². The lowest BCUT2D eigenvalue weighted by molar-refractivity contribution is -0.114. The maximum absolute atomic E-state index is 11.8. The number of ether oxygens (including phenoxy) is 1. The molecule has 1 amide bonds. The van der Waals surface area contributed by atoms with Crippen LogP contribution in [0.25, 0.3) is 0 Å². The number of carbonyl (C=O) groups excluding carboxylic acids is 2. The molecule has 0 fully saturated rings. The van der Waals surface area contributed by atoms with Gasteiger partial charge in [-0.3, -0.25) is 9.59 Å². The van der Waals surface area contributed by atoms with Gasteiger partial charge in [-0.2, -0.15) is 0 Å². The zero-order chi connectivity index (χ0) is 12.4. The smallest absolute Gasteiger partial charge is 0.299 e. The van der Waals surface area contributed by atoms with Gasteiger partial charge in [-0.15, -0.1) is 0 Å². The third-order valence-corrected chi connectivity index (χ3v) is 2.61. The van der Waals surface area contributed by atoms with Crippen molar-refractivity contribution in [1.29, 1.82) is 0 Å². The number of nitrogens with two attached hydrogens (primary N) is 1. The Morgan fingerprint density at radius 1 is 1.35 bits per heavy atom. The minimum atomic E-state index is -0.515. The molecule has 1 aliphatic rings. The fourth-order valence-corrected chi connectivity index (χ4v) is 1.89. The topological polar surface area (TPSA) is 72.6 Å². The van der Waals surface area contributed by atoms with Gasteiger partial charge in [0.1, 0.15) is 5.75 Å². The second-order valence-corrected chi connectivity index (χ2v) is 3.69. The van der Waals surface area contributed by atoms with Crippen LogP contribution in [0.15, 0.2) is 18.2 Å². The third kappa shape index (κ3) is 1.89. The van der Waals surface area contributed by atoms with Crippen molar-refractivity contribution in [1.82, 2.24) is 0 Å². The van der Waals surface area contributed by atoms with Gasteiger partial charge >= 0.3 is 0 Å². The Balaban J connectivity index is 2.40. The van der Waals surface area contributed by atoms with E-state index >= 15 is 0 Å². The standard InChI is InChI=1S/C12H14N2O3/c1-2-17-8-3-4-10-9(7-8)11(15)12(16)14(10)6-5-13/h3-4,7H,2,5-6,13H2,1H3. The number of hydrogen-bond donors (Lipinski definition) is 1. The van der Waals surface area contributed by atoms with Crippen LogP contribution < -0.4 is 15.4 Å². The minimum Gasteiger partial charge on any atom is -0.494 e. The van der Waals surface area contributed by atoms with E-state index in [0.29, 0.717) is 36.7 Å². The van der Waals surface area contributed by atoms with Gasteiger partial charge < -0.3 is 15.4 Å². The van der Waals surface area contributed by atoms with Gasteiger partial charge in [0.25, 0.3) is 11.7 Å². The monoisotopic (exact) mass is 234 g/mol. The second-order valence-electron chi connectivity index (χ2n) is 3.69. The Morgan fingerprint density at radius 2 is 2.12 bits per heavy atom. The first-order valence-electron chi connectivity index (χ1n) is 5.52. The number of hydrogen-bond acceptors (Lipinski definition) is 4. The molecule has 0 saturated carbocycles. The predicted octanol–water partition coefficient (Wildman–Crippen LogP) is 0.573. The molecule has 5 heteroatoms. The van der Waals surface area contributed by atoms with Gasteiger partial charge in [0.15, 0.2) is 0 Å². The largest absolute Gasteiger partial charge is 0.494 e. The van der Waals surface area contributed by atoms with Crippen molar-refractivity contribution in [3.8, 4) is 5.75 Å². The molecule has 0 spiro atoms. The summed E-state index contributed by atoms with van der Waals surface area (Å²) < 4.78 is 5.30. The van der Waals surface area contributed by atoms with Crippen LogP contribution in [0, 0.1) is 0 Å². The molecule has 90 valence electrons. The van der Waals surface area contributed by atoms with Gasteiger partial charge in [0.05, 0.1) is 17.9 Å². The van der Waals surface area contributed by atoms with Crippen molar-refractivity contribution >= 4 is 17.4 Å². The van der Waals surface area contributed by atoms with E-state index in [1.165, 1.54) is 4.90 Å². The SMILES string of the molecule is CCOc1ccc2c(c1)C(=O)C(=O)N2CCN. The normalized spacial score (nSPS) is 14.1. The summed E-state index contributed by atoms with van der Waals surface area (Å²) >= 11 is 0. The van der Waals surface area contributed by atoms with Crippen LogP contribution in [0.4, 0.5) is 5.69 Å². The zero-order valence-corrected chi connectivity index (χ0v) is 9.60. The highest BCUT2D eigenvalue weighted by Gasteiger charge is 2.35. The molecule has 2 N–H and O–H groups in total. The van der Waals surface area contributed by atoms with Crippen LogP contribution in [0.2, 0.25) is 0 Å². The first-order valence-corrected chi connectivity index (χ1v) is 5.52. The van der Waals surface area contributed by atoms with Crippen molar-refractivity contribution in [2.75, 3.05) is 24.6 Å². The number of benzene rings is 1. The number of ketones is 1. The van der Waals surface area contributed by atoms with Crippen LogP contribution in [0.3, 0.4) is 0 Å². The molecule has 17 heavy (non-hydrogen) atoms. The number of Topliss-reactive ketones (excluding diaryl/α,β-unsaturated/α-hetero) is 1. The van der Waals surface area contributed by atoms with Gasteiger partial charge in [0.2, 0.25) is 0 Å². The first-order chi connectivity index (χ1) is 8.19. The Morgan fingerprint density at radius 3 is 2.76 bits per heavy atom. The Hall–Kier alpha value is -1.88. The van der Waals surface area contributed by atoms with Gasteiger partial charge in [0, 0.05) is 13.1 Å². The highest BCUT2D eigenvalue weighted by Crippen LogP contribution is 2.31. The van der Waals surface area contributed by atoms with E-state index in [0.717, 1.165) is 0 Å². The van der Waals surface area contributed by atoms with E-state index < -0.39 is 11.7 Å². The molecular formula is C12H14N2O3. The summed E-state index contributed by atoms with van der Waals surface area (Å²) in [6, 6.07) is 5.08. The fraction of sp³-hybridized carbons (Fsp3) is 0.333. The first kappa shape index (κ1) is 11.6. The van der Waals surface area contributed by atoms with E-state index in [2.05, 4.69) is 0 Å². The molecule has 0 aliphatic carbocycles. The van der Waals surface area contributed by atoms with Crippen molar-refractivity contribution in [3.05, 3.63) is 23.8 Å². The average molecular weight is 234 g/mol.